The van der Waals surface area contributed by atoms with Gasteiger partial charge >= 0.3 is 6.09 Å². The molecular weight excluding hydrogens is 660 g/mol. The molecule has 6 rings (SSSR count). The zero-order valence-electron chi connectivity index (χ0n) is 28.3. The fourth-order valence-electron chi connectivity index (χ4n) is 5.72. The average molecular weight is 699 g/mol. The van der Waals surface area contributed by atoms with E-state index in [1.165, 1.54) is 4.90 Å². The molecule has 5 aromatic rings. The number of halogens is 1. The summed E-state index contributed by atoms with van der Waals surface area (Å²) < 4.78 is 56.0. The zero-order valence-corrected chi connectivity index (χ0v) is 29.1. The summed E-state index contributed by atoms with van der Waals surface area (Å²) in [5.41, 5.74) is 2.29. The number of fused-ring (bicyclic) bond motifs is 1. The van der Waals surface area contributed by atoms with Crippen LogP contribution in [0.3, 0.4) is 0 Å². The van der Waals surface area contributed by atoms with E-state index in [2.05, 4.69) is 25.0 Å². The van der Waals surface area contributed by atoms with Gasteiger partial charge in [-0.25, -0.2) is 32.6 Å². The first-order chi connectivity index (χ1) is 23.8. The SMILES string of the molecule is Cc1ccc2c(NS(=O)(=O)Cc3ccccc3)cccc2c1Oc1ncccc1-c1ccnc(NC2CN(C(=O)OC(C)(C)C)CCC2F)n1. The number of hydrogen-bond donors (Lipinski definition) is 2. The second kappa shape index (κ2) is 14.3. The van der Waals surface area contributed by atoms with Crippen molar-refractivity contribution >= 4 is 38.5 Å². The first kappa shape index (κ1) is 34.6. The summed E-state index contributed by atoms with van der Waals surface area (Å²) in [7, 11) is -3.71. The Hall–Kier alpha value is -5.30. The number of anilines is 2. The number of piperidine rings is 1. The zero-order chi connectivity index (χ0) is 35.5. The number of nitrogens with zero attached hydrogens (tertiary/aromatic N) is 4. The second-order valence-electron chi connectivity index (χ2n) is 13.2. The minimum atomic E-state index is -3.71. The molecule has 1 aliphatic heterocycles. The molecule has 1 saturated heterocycles. The predicted molar refractivity (Wildman–Crippen MR) is 191 cm³/mol. The van der Waals surface area contributed by atoms with Gasteiger partial charge in [0.2, 0.25) is 21.9 Å². The Kier molecular flexibility index (Phi) is 9.87. The predicted octanol–water partition coefficient (Wildman–Crippen LogP) is 7.49. The molecule has 2 N–H and O–H groups in total. The normalized spacial score (nSPS) is 16.5. The number of nitrogens with one attached hydrogen (secondary N) is 2. The molecule has 3 heterocycles. The first-order valence-corrected chi connectivity index (χ1v) is 17.9. The number of aromatic nitrogens is 3. The number of hydrogen-bond acceptors (Lipinski definition) is 9. The lowest BCUT2D eigenvalue weighted by molar-refractivity contribution is 0.0150. The summed E-state index contributed by atoms with van der Waals surface area (Å²) in [6.45, 7) is 7.60. The lowest BCUT2D eigenvalue weighted by Crippen LogP contribution is -2.52. The van der Waals surface area contributed by atoms with Crippen molar-refractivity contribution < 1.29 is 27.1 Å². The lowest BCUT2D eigenvalue weighted by atomic mass is 10.0. The number of carbonyl (C=O) groups is 1. The maximum atomic E-state index is 15.1. The van der Waals surface area contributed by atoms with Gasteiger partial charge in [0.15, 0.2) is 0 Å². The van der Waals surface area contributed by atoms with Crippen LogP contribution in [0.4, 0.5) is 20.8 Å². The van der Waals surface area contributed by atoms with Gasteiger partial charge in [-0.2, -0.15) is 0 Å². The number of aryl methyl sites for hydroxylation is 1. The third-order valence-corrected chi connectivity index (χ3v) is 9.31. The van der Waals surface area contributed by atoms with Gasteiger partial charge in [0.1, 0.15) is 17.5 Å². The van der Waals surface area contributed by atoms with E-state index in [0.717, 1.165) is 5.56 Å². The van der Waals surface area contributed by atoms with Crippen molar-refractivity contribution in [1.29, 1.82) is 0 Å². The average Bonchev–Trinajstić information content (AvgIpc) is 3.07. The molecule has 260 valence electrons. The van der Waals surface area contributed by atoms with Crippen molar-refractivity contribution in [3.63, 3.8) is 0 Å². The van der Waals surface area contributed by atoms with Crippen LogP contribution < -0.4 is 14.8 Å². The van der Waals surface area contributed by atoms with E-state index in [4.69, 9.17) is 9.47 Å². The van der Waals surface area contributed by atoms with E-state index in [1.807, 2.05) is 31.2 Å². The molecule has 1 aliphatic rings. The number of benzene rings is 3. The van der Waals surface area contributed by atoms with Crippen LogP contribution in [0.1, 0.15) is 38.3 Å². The lowest BCUT2D eigenvalue weighted by Gasteiger charge is -2.36. The summed E-state index contributed by atoms with van der Waals surface area (Å²) in [5.74, 6) is 0.787. The molecule has 0 radical (unpaired) electrons. The number of likely N-dealkylation sites (tertiary alicyclic amines) is 1. The molecule has 0 aliphatic carbocycles. The Morgan fingerprint density at radius 1 is 0.960 bits per heavy atom. The number of rotatable bonds is 9. The van der Waals surface area contributed by atoms with E-state index in [9.17, 15) is 13.2 Å². The monoisotopic (exact) mass is 698 g/mol. The van der Waals surface area contributed by atoms with Crippen molar-refractivity contribution in [1.82, 2.24) is 19.9 Å². The standard InChI is InChI=1S/C37H39FN6O5S/c1-24-15-16-26-27(12-8-14-31(26)43-50(46,47)23-25-10-6-5-7-11-25)33(24)48-34-28(13-9-19-39-34)30-17-20-40-35(41-30)42-32-22-44(21-18-29(32)38)36(45)49-37(2,3)4/h5-17,19-20,29,32,43H,18,21-23H2,1-4H3,(H,40,41,42). The Bertz CT molecular complexity index is 2110. The number of ether oxygens (including phenoxy) is 2. The fourth-order valence-corrected chi connectivity index (χ4v) is 6.94. The van der Waals surface area contributed by atoms with Crippen molar-refractivity contribution in [2.45, 2.75) is 57.7 Å². The molecule has 2 atom stereocenters. The molecule has 13 heteroatoms. The van der Waals surface area contributed by atoms with Crippen molar-refractivity contribution in [2.24, 2.45) is 0 Å². The molecule has 0 bridgehead atoms. The third-order valence-electron chi connectivity index (χ3n) is 8.07. The van der Waals surface area contributed by atoms with Gasteiger partial charge in [-0.1, -0.05) is 54.6 Å². The van der Waals surface area contributed by atoms with Gasteiger partial charge in [0, 0.05) is 36.3 Å². The van der Waals surface area contributed by atoms with Gasteiger partial charge in [0.25, 0.3) is 0 Å². The largest absolute Gasteiger partial charge is 0.444 e. The Morgan fingerprint density at radius 3 is 2.54 bits per heavy atom. The molecule has 11 nitrogen and oxygen atoms in total. The van der Waals surface area contributed by atoms with Crippen LogP contribution in [0.15, 0.2) is 91.3 Å². The molecule has 0 spiro atoms. The number of amides is 1. The molecule has 50 heavy (non-hydrogen) atoms. The smallest absolute Gasteiger partial charge is 0.410 e. The highest BCUT2D eigenvalue weighted by molar-refractivity contribution is 7.91. The minimum Gasteiger partial charge on any atom is -0.444 e. The minimum absolute atomic E-state index is 0.0929. The van der Waals surface area contributed by atoms with E-state index < -0.39 is 33.9 Å². The summed E-state index contributed by atoms with van der Waals surface area (Å²) >= 11 is 0. The third kappa shape index (κ3) is 8.28. The molecule has 1 amide bonds. The number of alkyl halides is 1. The van der Waals surface area contributed by atoms with E-state index >= 15 is 4.39 Å². The highest BCUT2D eigenvalue weighted by Gasteiger charge is 2.34. The van der Waals surface area contributed by atoms with E-state index in [1.54, 1.807) is 87.8 Å². The summed E-state index contributed by atoms with van der Waals surface area (Å²) in [6.07, 6.45) is 1.59. The van der Waals surface area contributed by atoms with Gasteiger partial charge in [0.05, 0.1) is 28.7 Å². The van der Waals surface area contributed by atoms with Gasteiger partial charge in [-0.05, 0) is 69.5 Å². The van der Waals surface area contributed by atoms with Crippen molar-refractivity contribution in [3.05, 3.63) is 102 Å². The molecule has 2 unspecified atom stereocenters. The number of carbonyl (C=O) groups excluding carboxylic acids is 1. The van der Waals surface area contributed by atoms with Crippen LogP contribution in [0.2, 0.25) is 0 Å². The molecular formula is C37H39FN6O5S. The molecule has 2 aromatic heterocycles. The van der Waals surface area contributed by atoms with Gasteiger partial charge in [-0.3, -0.25) is 4.72 Å². The second-order valence-corrected chi connectivity index (χ2v) is 14.9. The Balaban J connectivity index is 1.25. The number of pyridine rings is 1. The van der Waals surface area contributed by atoms with Crippen LogP contribution in [0.5, 0.6) is 11.6 Å². The summed E-state index contributed by atoms with van der Waals surface area (Å²) in [5, 5.41) is 4.41. The van der Waals surface area contributed by atoms with Crippen LogP contribution in [0, 0.1) is 6.92 Å². The van der Waals surface area contributed by atoms with Crippen LogP contribution >= 0.6 is 0 Å². The Morgan fingerprint density at radius 2 is 1.76 bits per heavy atom. The molecule has 3 aromatic carbocycles. The van der Waals surface area contributed by atoms with Gasteiger partial charge < -0.3 is 19.7 Å². The highest BCUT2D eigenvalue weighted by Crippen LogP contribution is 2.39. The molecule has 1 fully saturated rings. The maximum Gasteiger partial charge on any atom is 0.410 e. The summed E-state index contributed by atoms with van der Waals surface area (Å²) in [6, 6.07) is 22.6. The first-order valence-electron chi connectivity index (χ1n) is 16.3. The fraction of sp³-hybridized carbons (Fsp3) is 0.297. The van der Waals surface area contributed by atoms with Crippen LogP contribution in [-0.4, -0.2) is 65.3 Å². The van der Waals surface area contributed by atoms with Crippen molar-refractivity contribution in [2.75, 3.05) is 23.1 Å². The highest BCUT2D eigenvalue weighted by atomic mass is 32.2. The van der Waals surface area contributed by atoms with E-state index in [0.29, 0.717) is 39.0 Å². The van der Waals surface area contributed by atoms with Crippen molar-refractivity contribution in [3.8, 4) is 22.9 Å². The molecule has 0 saturated carbocycles. The van der Waals surface area contributed by atoms with Crippen LogP contribution in [-0.2, 0) is 20.5 Å². The topological polar surface area (TPSA) is 136 Å². The Labute approximate surface area is 290 Å². The number of sulfonamides is 1. The maximum absolute atomic E-state index is 15.1. The summed E-state index contributed by atoms with van der Waals surface area (Å²) in [4.78, 5) is 27.6. The van der Waals surface area contributed by atoms with E-state index in [-0.39, 0.29) is 37.1 Å². The van der Waals surface area contributed by atoms with Crippen LogP contribution in [0.25, 0.3) is 22.0 Å². The quantitative estimate of drug-likeness (QED) is 0.160. The van der Waals surface area contributed by atoms with Gasteiger partial charge in [-0.15, -0.1) is 0 Å².